The Labute approximate surface area is 207 Å². The van der Waals surface area contributed by atoms with Crippen molar-refractivity contribution in [2.45, 2.75) is 112 Å². The van der Waals surface area contributed by atoms with Crippen LogP contribution in [-0.4, -0.2) is 17.6 Å². The minimum Gasteiger partial charge on any atom is -0.0918 e. The van der Waals surface area contributed by atoms with E-state index in [-0.39, 0.29) is 13.0 Å². The summed E-state index contributed by atoms with van der Waals surface area (Å²) < 4.78 is 0. The predicted molar refractivity (Wildman–Crippen MR) is 151 cm³/mol. The van der Waals surface area contributed by atoms with E-state index >= 15 is 0 Å². The van der Waals surface area contributed by atoms with Crippen LogP contribution >= 0.6 is 7.55 Å². The van der Waals surface area contributed by atoms with E-state index in [1.54, 1.807) is 5.57 Å². The number of allylic oxidation sites excluding steroid dienone is 5. The van der Waals surface area contributed by atoms with Crippen LogP contribution in [0.5, 0.6) is 0 Å². The lowest BCUT2D eigenvalue weighted by atomic mass is 9.35. The first-order chi connectivity index (χ1) is 15.5. The molecule has 0 aromatic heterocycles. The van der Waals surface area contributed by atoms with Crippen molar-refractivity contribution in [2.75, 3.05) is 6.66 Å². The van der Waals surface area contributed by atoms with Gasteiger partial charge in [0.15, 0.2) is 0 Å². The molecule has 1 heteroatoms. The maximum atomic E-state index is 4.28. The van der Waals surface area contributed by atoms with Crippen molar-refractivity contribution in [1.29, 1.82) is 0 Å². The fourth-order valence-electron chi connectivity index (χ4n) is 10.2. The van der Waals surface area contributed by atoms with Gasteiger partial charge in [0.05, 0.1) is 14.2 Å². The Hall–Kier alpha value is -0.610. The largest absolute Gasteiger partial charge is 0.113 e. The normalized spacial score (nSPS) is 46.2. The van der Waals surface area contributed by atoms with Gasteiger partial charge in [-0.25, -0.2) is 0 Å². The van der Waals surface area contributed by atoms with Crippen LogP contribution in [0.2, 0.25) is 0 Å². The molecule has 9 unspecified atom stereocenters. The maximum Gasteiger partial charge on any atom is 0.113 e. The van der Waals surface area contributed by atoms with Crippen molar-refractivity contribution < 1.29 is 0 Å². The molecule has 4 aliphatic carbocycles. The Bertz CT molecular complexity index is 903. The summed E-state index contributed by atoms with van der Waals surface area (Å²) in [5, 5.41) is 1.97. The molecule has 9 atom stereocenters. The molecule has 0 aromatic rings. The predicted octanol–water partition coefficient (Wildman–Crippen LogP) is 9.81. The lowest BCUT2D eigenvalue weighted by Crippen LogP contribution is -2.62. The smallest absolute Gasteiger partial charge is 0.0918 e. The minimum atomic E-state index is -0.0108. The summed E-state index contributed by atoms with van der Waals surface area (Å²) in [5.41, 5.74) is 5.27. The first kappa shape index (κ1) is 25.5. The molecular weight excluding hydrogens is 415 g/mol. The summed E-state index contributed by atoms with van der Waals surface area (Å²) in [5.74, 6) is 2.40. The quantitative estimate of drug-likeness (QED) is 0.353. The molecule has 4 rings (SSSR count). The highest BCUT2D eigenvalue weighted by atomic mass is 31.1. The molecule has 0 amide bonds. The third-order valence-electron chi connectivity index (χ3n) is 12.3. The number of rotatable bonds is 5. The zero-order valence-electron chi connectivity index (χ0n) is 23.4. The molecule has 3 fully saturated rings. The molecule has 184 valence electrons. The number of fused-ring (bicyclic) bond motifs is 5. The SMILES string of the molecule is C=C1C=CC2(C)C(=C1)CCC1(CC)C2CCC2(C)C(/C(CC)=[P+](\C)C(C)CC)C(C)CC21C. The van der Waals surface area contributed by atoms with Gasteiger partial charge in [0.2, 0.25) is 0 Å². The summed E-state index contributed by atoms with van der Waals surface area (Å²) >= 11 is 0. The Kier molecular flexibility index (Phi) is 6.57. The molecule has 0 spiro atoms. The van der Waals surface area contributed by atoms with Crippen molar-refractivity contribution in [3.63, 3.8) is 0 Å². The van der Waals surface area contributed by atoms with Gasteiger partial charge in [-0.2, -0.15) is 0 Å². The molecular formula is C32H52P+. The van der Waals surface area contributed by atoms with E-state index in [4.69, 9.17) is 0 Å². The van der Waals surface area contributed by atoms with Gasteiger partial charge in [-0.1, -0.05) is 78.8 Å². The second kappa shape index (κ2) is 8.50. The van der Waals surface area contributed by atoms with Crippen molar-refractivity contribution in [3.05, 3.63) is 36.0 Å². The topological polar surface area (TPSA) is 0 Å². The Balaban J connectivity index is 1.85. The maximum absolute atomic E-state index is 4.28. The number of hydrogen-bond acceptors (Lipinski definition) is 0. The highest BCUT2D eigenvalue weighted by Crippen LogP contribution is 2.79. The molecule has 0 nitrogen and oxygen atoms in total. The van der Waals surface area contributed by atoms with E-state index in [1.807, 2.05) is 5.29 Å². The fraction of sp³-hybridized carbons (Fsp3) is 0.781. The molecule has 0 N–H and O–H groups in total. The average molecular weight is 468 g/mol. The zero-order chi connectivity index (χ0) is 24.4. The van der Waals surface area contributed by atoms with Crippen LogP contribution in [-0.2, 0) is 0 Å². The lowest BCUT2D eigenvalue weighted by Gasteiger charge is -2.69. The zero-order valence-corrected chi connectivity index (χ0v) is 24.2. The van der Waals surface area contributed by atoms with Crippen LogP contribution in [0.25, 0.3) is 0 Å². The van der Waals surface area contributed by atoms with Gasteiger partial charge < -0.3 is 0 Å². The van der Waals surface area contributed by atoms with Gasteiger partial charge in [0.25, 0.3) is 0 Å². The first-order valence-corrected chi connectivity index (χ1v) is 16.0. The van der Waals surface area contributed by atoms with E-state index in [0.29, 0.717) is 16.2 Å². The molecule has 0 aliphatic heterocycles. The summed E-state index contributed by atoms with van der Waals surface area (Å²) in [7, 11) is -0.0108. The summed E-state index contributed by atoms with van der Waals surface area (Å²) in [6.45, 7) is 27.6. The van der Waals surface area contributed by atoms with Gasteiger partial charge in [-0.05, 0) is 85.5 Å². The lowest BCUT2D eigenvalue weighted by molar-refractivity contribution is -0.172. The standard InChI is InChI=1S/C32H52P/c1-11-24(6)33(10)26(12-2)28-23(5)21-31(9)30(28,8)18-16-27-29(7)17-14-22(4)20-25(29)15-19-32(27,31)13-3/h14,17,20,23-24,27-28H,4,11-13,15-16,18-19,21H2,1-3,5-10H3/q+1. The second-order valence-corrected chi connectivity index (χ2v) is 15.8. The molecule has 4 aliphatic rings. The third-order valence-corrected chi connectivity index (χ3v) is 15.5. The molecule has 0 bridgehead atoms. The molecule has 0 heterocycles. The van der Waals surface area contributed by atoms with Gasteiger partial charge in [-0.15, -0.1) is 0 Å². The van der Waals surface area contributed by atoms with Crippen LogP contribution in [0.1, 0.15) is 107 Å². The Morgan fingerprint density at radius 3 is 2.48 bits per heavy atom. The van der Waals surface area contributed by atoms with Crippen LogP contribution < -0.4 is 0 Å². The van der Waals surface area contributed by atoms with Crippen LogP contribution in [0.3, 0.4) is 0 Å². The van der Waals surface area contributed by atoms with Crippen molar-refractivity contribution >= 4 is 12.8 Å². The summed E-state index contributed by atoms with van der Waals surface area (Å²) in [4.78, 5) is 0. The minimum absolute atomic E-state index is 0.0108. The molecule has 0 radical (unpaired) electrons. The van der Waals surface area contributed by atoms with Crippen molar-refractivity contribution in [1.82, 2.24) is 0 Å². The van der Waals surface area contributed by atoms with Gasteiger partial charge in [-0.3, -0.25) is 0 Å². The molecule has 3 saturated carbocycles. The Morgan fingerprint density at radius 1 is 1.18 bits per heavy atom. The van der Waals surface area contributed by atoms with E-state index < -0.39 is 0 Å². The fourth-order valence-corrected chi connectivity index (χ4v) is 12.8. The molecule has 0 aromatic carbocycles. The summed E-state index contributed by atoms with van der Waals surface area (Å²) in [6.07, 6.45) is 18.2. The summed E-state index contributed by atoms with van der Waals surface area (Å²) in [6, 6.07) is 0. The molecule has 0 saturated heterocycles. The highest BCUT2D eigenvalue weighted by Gasteiger charge is 2.72. The monoisotopic (exact) mass is 467 g/mol. The van der Waals surface area contributed by atoms with Crippen LogP contribution in [0, 0.1) is 39.4 Å². The van der Waals surface area contributed by atoms with E-state index in [1.165, 1.54) is 56.9 Å². The van der Waals surface area contributed by atoms with Gasteiger partial charge >= 0.3 is 0 Å². The van der Waals surface area contributed by atoms with Gasteiger partial charge in [0.1, 0.15) is 11.0 Å². The highest BCUT2D eigenvalue weighted by molar-refractivity contribution is 7.58. The van der Waals surface area contributed by atoms with Gasteiger partial charge in [0, 0.05) is 17.8 Å². The van der Waals surface area contributed by atoms with Crippen molar-refractivity contribution in [3.8, 4) is 0 Å². The Morgan fingerprint density at radius 2 is 1.88 bits per heavy atom. The molecule has 33 heavy (non-hydrogen) atoms. The van der Waals surface area contributed by atoms with Crippen LogP contribution in [0.4, 0.5) is 0 Å². The average Bonchev–Trinajstić information content (AvgIpc) is 3.00. The van der Waals surface area contributed by atoms with E-state index in [0.717, 1.165) is 23.4 Å². The van der Waals surface area contributed by atoms with E-state index in [9.17, 15) is 0 Å². The third kappa shape index (κ3) is 3.25. The second-order valence-electron chi connectivity index (χ2n) is 13.1. The van der Waals surface area contributed by atoms with E-state index in [2.05, 4.69) is 86.9 Å². The number of hydrogen-bond donors (Lipinski definition) is 0. The van der Waals surface area contributed by atoms with Crippen LogP contribution in [0.15, 0.2) is 36.0 Å². The first-order valence-electron chi connectivity index (χ1n) is 14.1. The van der Waals surface area contributed by atoms with Crippen molar-refractivity contribution in [2.24, 2.45) is 39.4 Å².